The van der Waals surface area contributed by atoms with Crippen LogP contribution in [-0.4, -0.2) is 50.8 Å². The molecule has 0 spiro atoms. The van der Waals surface area contributed by atoms with Gasteiger partial charge in [0.2, 0.25) is 0 Å². The largest absolute Gasteiger partial charge is 0.494 e. The van der Waals surface area contributed by atoms with E-state index >= 15 is 0 Å². The van der Waals surface area contributed by atoms with Crippen LogP contribution >= 0.6 is 0 Å². The SMILES string of the molecule is COC(=O)CCCCNC(=O)N(C)CCCOc1ccccc1. The molecule has 1 aromatic carbocycles. The topological polar surface area (TPSA) is 67.9 Å². The van der Waals surface area contributed by atoms with Crippen molar-refractivity contribution in [2.45, 2.75) is 25.7 Å². The quantitative estimate of drug-likeness (QED) is 0.531. The first-order valence-corrected chi connectivity index (χ1v) is 7.87. The third-order valence-corrected chi connectivity index (χ3v) is 3.31. The molecule has 0 radical (unpaired) electrons. The summed E-state index contributed by atoms with van der Waals surface area (Å²) in [6, 6.07) is 9.50. The number of carbonyl (C=O) groups excluding carboxylic acids is 2. The van der Waals surface area contributed by atoms with Crippen molar-refractivity contribution in [3.8, 4) is 5.75 Å². The van der Waals surface area contributed by atoms with Crippen LogP contribution in [0, 0.1) is 0 Å². The van der Waals surface area contributed by atoms with Crippen LogP contribution in [0.1, 0.15) is 25.7 Å². The zero-order chi connectivity index (χ0) is 16.9. The summed E-state index contributed by atoms with van der Waals surface area (Å²) < 4.78 is 10.1. The normalized spacial score (nSPS) is 10.0. The molecule has 1 aromatic rings. The third kappa shape index (κ3) is 8.70. The Labute approximate surface area is 137 Å². The molecule has 0 unspecified atom stereocenters. The highest BCUT2D eigenvalue weighted by atomic mass is 16.5. The lowest BCUT2D eigenvalue weighted by Crippen LogP contribution is -2.38. The van der Waals surface area contributed by atoms with Gasteiger partial charge in [-0.1, -0.05) is 18.2 Å². The molecule has 0 heterocycles. The van der Waals surface area contributed by atoms with E-state index in [1.807, 2.05) is 30.3 Å². The lowest BCUT2D eigenvalue weighted by Gasteiger charge is -2.18. The first kappa shape index (κ1) is 18.8. The van der Waals surface area contributed by atoms with Crippen LogP contribution in [0.2, 0.25) is 0 Å². The summed E-state index contributed by atoms with van der Waals surface area (Å²) in [5.41, 5.74) is 0. The second-order valence-electron chi connectivity index (χ2n) is 5.20. The van der Waals surface area contributed by atoms with E-state index in [0.29, 0.717) is 32.5 Å². The molecule has 0 bridgehead atoms. The third-order valence-electron chi connectivity index (χ3n) is 3.31. The Kier molecular flexibility index (Phi) is 9.28. The van der Waals surface area contributed by atoms with Crippen LogP contribution in [0.5, 0.6) is 5.75 Å². The predicted octanol–water partition coefficient (Wildman–Crippen LogP) is 2.44. The van der Waals surface area contributed by atoms with E-state index < -0.39 is 0 Å². The minimum atomic E-state index is -0.216. The number of esters is 1. The molecule has 0 aliphatic rings. The molecule has 6 nitrogen and oxygen atoms in total. The molecule has 0 aromatic heterocycles. The van der Waals surface area contributed by atoms with E-state index in [4.69, 9.17) is 4.74 Å². The molecule has 23 heavy (non-hydrogen) atoms. The summed E-state index contributed by atoms with van der Waals surface area (Å²) in [5.74, 6) is 0.622. The van der Waals surface area contributed by atoms with Gasteiger partial charge in [-0.05, 0) is 31.4 Å². The number of para-hydroxylation sites is 1. The van der Waals surface area contributed by atoms with Gasteiger partial charge in [-0.15, -0.1) is 0 Å². The van der Waals surface area contributed by atoms with Gasteiger partial charge < -0.3 is 19.7 Å². The number of hydrogen-bond acceptors (Lipinski definition) is 4. The number of amides is 2. The summed E-state index contributed by atoms with van der Waals surface area (Å²) >= 11 is 0. The Morgan fingerprint density at radius 2 is 1.87 bits per heavy atom. The molecule has 0 aliphatic heterocycles. The maximum atomic E-state index is 11.8. The maximum absolute atomic E-state index is 11.8. The standard InChI is InChI=1S/C17H26N2O4/c1-19(13-8-14-23-15-9-4-3-5-10-15)17(21)18-12-7-6-11-16(20)22-2/h3-5,9-10H,6-8,11-14H2,1-2H3,(H,18,21). The summed E-state index contributed by atoms with van der Waals surface area (Å²) in [7, 11) is 3.13. The minimum absolute atomic E-state index is 0.109. The Balaban J connectivity index is 2.04. The van der Waals surface area contributed by atoms with Gasteiger partial charge in [0.15, 0.2) is 0 Å². The van der Waals surface area contributed by atoms with Gasteiger partial charge in [0.1, 0.15) is 5.75 Å². The number of ether oxygens (including phenoxy) is 2. The Hall–Kier alpha value is -2.24. The first-order valence-electron chi connectivity index (χ1n) is 7.87. The van der Waals surface area contributed by atoms with E-state index in [1.165, 1.54) is 7.11 Å². The van der Waals surface area contributed by atoms with Crippen LogP contribution in [0.15, 0.2) is 30.3 Å². The van der Waals surface area contributed by atoms with Gasteiger partial charge in [0.05, 0.1) is 13.7 Å². The fourth-order valence-electron chi connectivity index (χ4n) is 1.94. The summed E-state index contributed by atoms with van der Waals surface area (Å²) in [6.07, 6.45) is 2.62. The molecule has 1 N–H and O–H groups in total. The number of unbranched alkanes of at least 4 members (excludes halogenated alkanes) is 1. The van der Waals surface area contributed by atoms with Gasteiger partial charge in [0.25, 0.3) is 0 Å². The summed E-state index contributed by atoms with van der Waals surface area (Å²) in [6.45, 7) is 1.75. The Morgan fingerprint density at radius 3 is 2.57 bits per heavy atom. The van der Waals surface area contributed by atoms with Gasteiger partial charge in [-0.3, -0.25) is 4.79 Å². The number of hydrogen-bond donors (Lipinski definition) is 1. The zero-order valence-electron chi connectivity index (χ0n) is 13.9. The van der Waals surface area contributed by atoms with Crippen molar-refractivity contribution in [2.24, 2.45) is 0 Å². The molecule has 128 valence electrons. The smallest absolute Gasteiger partial charge is 0.317 e. The molecule has 0 aliphatic carbocycles. The van der Waals surface area contributed by atoms with Crippen molar-refractivity contribution in [3.63, 3.8) is 0 Å². The zero-order valence-corrected chi connectivity index (χ0v) is 13.9. The van der Waals surface area contributed by atoms with Crippen molar-refractivity contribution in [1.29, 1.82) is 0 Å². The number of urea groups is 1. The van der Waals surface area contributed by atoms with Crippen molar-refractivity contribution < 1.29 is 19.1 Å². The van der Waals surface area contributed by atoms with Crippen molar-refractivity contribution in [1.82, 2.24) is 10.2 Å². The number of methoxy groups -OCH3 is 1. The number of nitrogens with one attached hydrogen (secondary N) is 1. The summed E-state index contributed by atoms with van der Waals surface area (Å²) in [4.78, 5) is 24.4. The van der Waals surface area contributed by atoms with E-state index in [2.05, 4.69) is 10.1 Å². The average Bonchev–Trinajstić information content (AvgIpc) is 2.58. The summed E-state index contributed by atoms with van der Waals surface area (Å²) in [5, 5.41) is 2.83. The lowest BCUT2D eigenvalue weighted by molar-refractivity contribution is -0.140. The highest BCUT2D eigenvalue weighted by Crippen LogP contribution is 2.08. The highest BCUT2D eigenvalue weighted by Gasteiger charge is 2.07. The van der Waals surface area contributed by atoms with Crippen LogP contribution in [0.25, 0.3) is 0 Å². The van der Waals surface area contributed by atoms with Crippen LogP contribution in [0.4, 0.5) is 4.79 Å². The fraction of sp³-hybridized carbons (Fsp3) is 0.529. The van der Waals surface area contributed by atoms with Gasteiger partial charge in [-0.2, -0.15) is 0 Å². The molecular weight excluding hydrogens is 296 g/mol. The van der Waals surface area contributed by atoms with Crippen molar-refractivity contribution in [3.05, 3.63) is 30.3 Å². The molecule has 0 saturated heterocycles. The second kappa shape index (κ2) is 11.3. The molecule has 0 atom stereocenters. The number of benzene rings is 1. The molecule has 2 amide bonds. The Bertz CT molecular complexity index is 465. The fourth-order valence-corrected chi connectivity index (χ4v) is 1.94. The highest BCUT2D eigenvalue weighted by molar-refractivity contribution is 5.73. The van der Waals surface area contributed by atoms with E-state index in [1.54, 1.807) is 11.9 Å². The van der Waals surface area contributed by atoms with Crippen LogP contribution in [0.3, 0.4) is 0 Å². The second-order valence-corrected chi connectivity index (χ2v) is 5.20. The molecule has 0 fully saturated rings. The molecule has 1 rings (SSSR count). The van der Waals surface area contributed by atoms with Crippen molar-refractivity contribution in [2.75, 3.05) is 33.9 Å². The number of rotatable bonds is 10. The van der Waals surface area contributed by atoms with Gasteiger partial charge in [-0.25, -0.2) is 4.79 Å². The van der Waals surface area contributed by atoms with Crippen LogP contribution in [-0.2, 0) is 9.53 Å². The van der Waals surface area contributed by atoms with Gasteiger partial charge in [0, 0.05) is 26.6 Å². The number of nitrogens with zero attached hydrogens (tertiary/aromatic N) is 1. The minimum Gasteiger partial charge on any atom is -0.494 e. The number of carbonyl (C=O) groups is 2. The van der Waals surface area contributed by atoms with E-state index in [-0.39, 0.29) is 12.0 Å². The van der Waals surface area contributed by atoms with E-state index in [9.17, 15) is 9.59 Å². The van der Waals surface area contributed by atoms with Crippen LogP contribution < -0.4 is 10.1 Å². The molecule has 6 heteroatoms. The predicted molar refractivity (Wildman–Crippen MR) is 88.4 cm³/mol. The molecular formula is C17H26N2O4. The first-order chi connectivity index (χ1) is 11.1. The average molecular weight is 322 g/mol. The van der Waals surface area contributed by atoms with Crippen molar-refractivity contribution >= 4 is 12.0 Å². The monoisotopic (exact) mass is 322 g/mol. The van der Waals surface area contributed by atoms with Gasteiger partial charge >= 0.3 is 12.0 Å². The maximum Gasteiger partial charge on any atom is 0.317 e. The molecule has 0 saturated carbocycles. The Morgan fingerprint density at radius 1 is 1.13 bits per heavy atom. The lowest BCUT2D eigenvalue weighted by atomic mass is 10.2. The van der Waals surface area contributed by atoms with E-state index in [0.717, 1.165) is 18.6 Å².